The highest BCUT2D eigenvalue weighted by atomic mass is 32.2. The van der Waals surface area contributed by atoms with Crippen LogP contribution in [0.15, 0.2) is 24.3 Å². The van der Waals surface area contributed by atoms with Gasteiger partial charge in [-0.05, 0) is 37.9 Å². The lowest BCUT2D eigenvalue weighted by Crippen LogP contribution is -2.35. The fourth-order valence-corrected chi connectivity index (χ4v) is 4.27. The predicted molar refractivity (Wildman–Crippen MR) is 90.4 cm³/mol. The minimum absolute atomic E-state index is 0.150. The summed E-state index contributed by atoms with van der Waals surface area (Å²) in [6.07, 6.45) is 3.77. The average Bonchev–Trinajstić information content (AvgIpc) is 2.48. The van der Waals surface area contributed by atoms with Gasteiger partial charge >= 0.3 is 0 Å². The first kappa shape index (κ1) is 18.2. The van der Waals surface area contributed by atoms with Crippen LogP contribution in [0.3, 0.4) is 0 Å². The van der Waals surface area contributed by atoms with E-state index >= 15 is 0 Å². The molecule has 0 heterocycles. The molecule has 0 spiro atoms. The molecule has 1 aromatic rings. The van der Waals surface area contributed by atoms with Crippen LogP contribution < -0.4 is 5.32 Å². The molecule has 0 saturated heterocycles. The molecule has 1 N–H and O–H groups in total. The third-order valence-corrected chi connectivity index (χ3v) is 6.39. The van der Waals surface area contributed by atoms with Gasteiger partial charge in [-0.25, -0.2) is 8.42 Å². The van der Waals surface area contributed by atoms with Crippen molar-refractivity contribution in [2.45, 2.75) is 57.7 Å². The van der Waals surface area contributed by atoms with Gasteiger partial charge in [-0.2, -0.15) is 0 Å². The quantitative estimate of drug-likeness (QED) is 0.710. The minimum Gasteiger partial charge on any atom is -0.312 e. The summed E-state index contributed by atoms with van der Waals surface area (Å²) in [7, 11) is -1.24. The molecule has 1 aromatic carbocycles. The molecule has 2 unspecified atom stereocenters. The van der Waals surface area contributed by atoms with E-state index in [9.17, 15) is 8.42 Å². The first-order chi connectivity index (χ1) is 9.96. The third-order valence-electron chi connectivity index (χ3n) is 4.13. The highest BCUT2D eigenvalue weighted by Gasteiger charge is 2.29. The van der Waals surface area contributed by atoms with Crippen molar-refractivity contribution in [2.24, 2.45) is 0 Å². The molecule has 2 atom stereocenters. The van der Waals surface area contributed by atoms with Gasteiger partial charge in [0.05, 0.1) is 11.0 Å². The highest BCUT2D eigenvalue weighted by molar-refractivity contribution is 7.92. The van der Waals surface area contributed by atoms with Crippen molar-refractivity contribution in [3.05, 3.63) is 35.4 Å². The van der Waals surface area contributed by atoms with E-state index in [2.05, 4.69) is 31.3 Å². The monoisotopic (exact) mass is 311 g/mol. The van der Waals surface area contributed by atoms with Gasteiger partial charge in [0.1, 0.15) is 0 Å². The molecule has 0 aromatic heterocycles. The standard InChI is InChI=1S/C17H29NO2S/c1-5-7-8-13-21(19,20)14(3)17(18-4)16-11-9-15(6-2)10-12-16/h9-12,14,17-18H,5-8,13H2,1-4H3. The van der Waals surface area contributed by atoms with Crippen LogP contribution >= 0.6 is 0 Å². The van der Waals surface area contributed by atoms with E-state index in [4.69, 9.17) is 0 Å². The van der Waals surface area contributed by atoms with E-state index in [1.165, 1.54) is 5.56 Å². The number of hydrogen-bond donors (Lipinski definition) is 1. The lowest BCUT2D eigenvalue weighted by atomic mass is 10.0. The molecule has 0 aliphatic heterocycles. The molecule has 1 rings (SSSR count). The smallest absolute Gasteiger partial charge is 0.154 e. The maximum Gasteiger partial charge on any atom is 0.154 e. The number of unbranched alkanes of at least 4 members (excludes halogenated alkanes) is 2. The van der Waals surface area contributed by atoms with Crippen LogP contribution in [-0.4, -0.2) is 26.5 Å². The Bertz CT molecular complexity index is 508. The van der Waals surface area contributed by atoms with Gasteiger partial charge in [-0.1, -0.05) is 51.0 Å². The van der Waals surface area contributed by atoms with Gasteiger partial charge in [-0.15, -0.1) is 0 Å². The summed E-state index contributed by atoms with van der Waals surface area (Å²) in [6, 6.07) is 8.09. The van der Waals surface area contributed by atoms with Gasteiger partial charge in [0.25, 0.3) is 0 Å². The number of sulfone groups is 1. The molecular weight excluding hydrogens is 282 g/mol. The Balaban J connectivity index is 2.86. The largest absolute Gasteiger partial charge is 0.312 e. The van der Waals surface area contributed by atoms with Gasteiger partial charge in [0.15, 0.2) is 9.84 Å². The number of nitrogens with one attached hydrogen (secondary N) is 1. The van der Waals surface area contributed by atoms with Gasteiger partial charge in [-0.3, -0.25) is 0 Å². The zero-order valence-electron chi connectivity index (χ0n) is 13.7. The fourth-order valence-electron chi connectivity index (χ4n) is 2.58. The fraction of sp³-hybridized carbons (Fsp3) is 0.647. The Labute approximate surface area is 130 Å². The summed E-state index contributed by atoms with van der Waals surface area (Å²) in [5.74, 6) is 0.285. The second-order valence-corrected chi connectivity index (χ2v) is 8.12. The summed E-state index contributed by atoms with van der Waals surface area (Å²) >= 11 is 0. The van der Waals surface area contributed by atoms with Crippen molar-refractivity contribution in [3.63, 3.8) is 0 Å². The van der Waals surface area contributed by atoms with Gasteiger partial charge < -0.3 is 5.32 Å². The molecule has 120 valence electrons. The highest BCUT2D eigenvalue weighted by Crippen LogP contribution is 2.23. The van der Waals surface area contributed by atoms with E-state index in [0.29, 0.717) is 0 Å². The molecule has 0 fully saturated rings. The van der Waals surface area contributed by atoms with Crippen LogP contribution in [0.4, 0.5) is 0 Å². The predicted octanol–water partition coefficient (Wildman–Crippen LogP) is 3.50. The zero-order chi connectivity index (χ0) is 15.9. The van der Waals surface area contributed by atoms with Crippen LogP contribution in [0.2, 0.25) is 0 Å². The van der Waals surface area contributed by atoms with E-state index < -0.39 is 15.1 Å². The second-order valence-electron chi connectivity index (χ2n) is 5.64. The number of aryl methyl sites for hydroxylation is 1. The van der Waals surface area contributed by atoms with Crippen molar-refractivity contribution in [1.29, 1.82) is 0 Å². The SMILES string of the molecule is CCCCCS(=O)(=O)C(C)C(NC)c1ccc(CC)cc1. The summed E-state index contributed by atoms with van der Waals surface area (Å²) in [5.41, 5.74) is 2.31. The Hall–Kier alpha value is -0.870. The summed E-state index contributed by atoms with van der Waals surface area (Å²) in [4.78, 5) is 0. The van der Waals surface area contributed by atoms with E-state index in [0.717, 1.165) is 31.2 Å². The molecule has 0 amide bonds. The van der Waals surface area contributed by atoms with Crippen molar-refractivity contribution in [3.8, 4) is 0 Å². The first-order valence-corrected chi connectivity index (χ1v) is 9.65. The Morgan fingerprint density at radius 2 is 1.71 bits per heavy atom. The topological polar surface area (TPSA) is 46.2 Å². The number of benzene rings is 1. The molecule has 3 nitrogen and oxygen atoms in total. The molecule has 0 aliphatic carbocycles. The van der Waals surface area contributed by atoms with E-state index in [-0.39, 0.29) is 11.8 Å². The first-order valence-electron chi connectivity index (χ1n) is 7.93. The molecule has 4 heteroatoms. The van der Waals surface area contributed by atoms with Crippen LogP contribution in [0.1, 0.15) is 57.2 Å². The molecule has 0 bridgehead atoms. The minimum atomic E-state index is -3.07. The zero-order valence-corrected chi connectivity index (χ0v) is 14.5. The molecular formula is C17H29NO2S. The van der Waals surface area contributed by atoms with Crippen molar-refractivity contribution < 1.29 is 8.42 Å². The normalized spacial score (nSPS) is 14.9. The molecule has 21 heavy (non-hydrogen) atoms. The molecule has 0 saturated carbocycles. The summed E-state index contributed by atoms with van der Waals surface area (Å²) in [6.45, 7) is 6.02. The van der Waals surface area contributed by atoms with E-state index in [1.807, 2.05) is 26.1 Å². The van der Waals surface area contributed by atoms with Crippen LogP contribution in [0.5, 0.6) is 0 Å². The van der Waals surface area contributed by atoms with Crippen molar-refractivity contribution >= 4 is 9.84 Å². The lowest BCUT2D eigenvalue weighted by Gasteiger charge is -2.24. The van der Waals surface area contributed by atoms with Crippen LogP contribution in [-0.2, 0) is 16.3 Å². The Kier molecular flexibility index (Phi) is 7.40. The number of hydrogen-bond acceptors (Lipinski definition) is 3. The second kappa shape index (κ2) is 8.54. The molecule has 0 aliphatic rings. The summed E-state index contributed by atoms with van der Waals surface area (Å²) in [5, 5.41) is 2.76. The Morgan fingerprint density at radius 1 is 1.10 bits per heavy atom. The third kappa shape index (κ3) is 5.11. The lowest BCUT2D eigenvalue weighted by molar-refractivity contribution is 0.528. The number of rotatable bonds is 9. The Morgan fingerprint density at radius 3 is 2.19 bits per heavy atom. The average molecular weight is 311 g/mol. The maximum absolute atomic E-state index is 12.5. The molecule has 0 radical (unpaired) electrons. The van der Waals surface area contributed by atoms with Gasteiger partial charge in [0, 0.05) is 6.04 Å². The van der Waals surface area contributed by atoms with Crippen LogP contribution in [0.25, 0.3) is 0 Å². The van der Waals surface area contributed by atoms with E-state index in [1.54, 1.807) is 0 Å². The maximum atomic E-state index is 12.5. The van der Waals surface area contributed by atoms with Crippen molar-refractivity contribution in [2.75, 3.05) is 12.8 Å². The summed E-state index contributed by atoms with van der Waals surface area (Å²) < 4.78 is 24.9. The van der Waals surface area contributed by atoms with Gasteiger partial charge in [0.2, 0.25) is 0 Å². The van der Waals surface area contributed by atoms with Crippen LogP contribution in [0, 0.1) is 0 Å². The van der Waals surface area contributed by atoms with Crippen molar-refractivity contribution in [1.82, 2.24) is 5.32 Å².